The average Bonchev–Trinajstić information content (AvgIpc) is 2.84. The van der Waals surface area contributed by atoms with Crippen molar-refractivity contribution in [2.24, 2.45) is 5.92 Å². The number of halogens is 2. The number of piperidine rings is 1. The highest BCUT2D eigenvalue weighted by atomic mass is 79.9. The Labute approximate surface area is 192 Å². The van der Waals surface area contributed by atoms with E-state index in [0.717, 1.165) is 35.2 Å². The second-order valence-corrected chi connectivity index (χ2v) is 10.6. The number of fused-ring (bicyclic) bond motifs is 2. The Morgan fingerprint density at radius 3 is 2.60 bits per heavy atom. The van der Waals surface area contributed by atoms with E-state index >= 15 is 0 Å². The van der Waals surface area contributed by atoms with Crippen LogP contribution in [-0.4, -0.2) is 34.7 Å². The Morgan fingerprint density at radius 2 is 1.90 bits per heavy atom. The number of amides is 1. The lowest BCUT2D eigenvalue weighted by Crippen LogP contribution is -2.42. The predicted octanol–water partition coefficient (Wildman–Crippen LogP) is 6.38. The van der Waals surface area contributed by atoms with Crippen LogP contribution >= 0.6 is 27.5 Å². The number of pyridine rings is 1. The fraction of sp³-hybridized carbons (Fsp3) is 0.500. The summed E-state index contributed by atoms with van der Waals surface area (Å²) in [6.45, 7) is 7.14. The van der Waals surface area contributed by atoms with Crippen LogP contribution in [0, 0.1) is 5.92 Å². The molecule has 1 aromatic heterocycles. The standard InChI is InChI=1S/C24H28BrClN2O2/c1-24(2,3)30-23(29)28-11-8-15(9-12-28)21-20-17(13-18(26)14-19(20)25)7-6-16-5-4-10-27-22(16)21/h4-5,10,13-15,21H,6-9,11-12H2,1-3H3/t21-/m1/s1. The van der Waals surface area contributed by atoms with Gasteiger partial charge in [-0.2, -0.15) is 0 Å². The molecule has 1 aliphatic carbocycles. The number of hydrogen-bond acceptors (Lipinski definition) is 3. The van der Waals surface area contributed by atoms with Gasteiger partial charge in [-0.15, -0.1) is 0 Å². The molecule has 1 aliphatic heterocycles. The number of carbonyl (C=O) groups is 1. The number of aromatic nitrogens is 1. The quantitative estimate of drug-likeness (QED) is 0.465. The molecule has 0 bridgehead atoms. The topological polar surface area (TPSA) is 42.4 Å². The lowest BCUT2D eigenvalue weighted by molar-refractivity contribution is 0.0178. The van der Waals surface area contributed by atoms with Gasteiger partial charge in [-0.3, -0.25) is 4.98 Å². The predicted molar refractivity (Wildman–Crippen MR) is 123 cm³/mol. The molecule has 4 nitrogen and oxygen atoms in total. The van der Waals surface area contributed by atoms with Crippen molar-refractivity contribution in [1.29, 1.82) is 0 Å². The molecule has 30 heavy (non-hydrogen) atoms. The average molecular weight is 492 g/mol. The van der Waals surface area contributed by atoms with Crippen LogP contribution in [0.25, 0.3) is 0 Å². The number of ether oxygens (including phenoxy) is 1. The monoisotopic (exact) mass is 490 g/mol. The van der Waals surface area contributed by atoms with Gasteiger partial charge in [0.1, 0.15) is 5.60 Å². The van der Waals surface area contributed by atoms with E-state index in [2.05, 4.69) is 28.1 Å². The first-order valence-corrected chi connectivity index (χ1v) is 11.8. The van der Waals surface area contributed by atoms with Crippen molar-refractivity contribution in [1.82, 2.24) is 9.88 Å². The summed E-state index contributed by atoms with van der Waals surface area (Å²) in [6, 6.07) is 8.33. The van der Waals surface area contributed by atoms with E-state index in [1.54, 1.807) is 0 Å². The molecule has 2 heterocycles. The normalized spacial score (nSPS) is 19.6. The number of likely N-dealkylation sites (tertiary alicyclic amines) is 1. The zero-order chi connectivity index (χ0) is 21.5. The van der Waals surface area contributed by atoms with E-state index in [9.17, 15) is 4.79 Å². The summed E-state index contributed by atoms with van der Waals surface area (Å²) in [5.41, 5.74) is 4.63. The van der Waals surface area contributed by atoms with Crippen LogP contribution in [0.1, 0.15) is 61.9 Å². The van der Waals surface area contributed by atoms with Gasteiger partial charge in [-0.1, -0.05) is 33.6 Å². The first-order valence-electron chi connectivity index (χ1n) is 10.6. The zero-order valence-corrected chi connectivity index (χ0v) is 20.1. The van der Waals surface area contributed by atoms with Gasteiger partial charge >= 0.3 is 6.09 Å². The van der Waals surface area contributed by atoms with Gasteiger partial charge in [0.05, 0.1) is 5.69 Å². The smallest absolute Gasteiger partial charge is 0.410 e. The lowest BCUT2D eigenvalue weighted by atomic mass is 9.76. The number of carbonyl (C=O) groups excluding carboxylic acids is 1. The molecular formula is C24H28BrClN2O2. The SMILES string of the molecule is CC(C)(C)OC(=O)N1CCC([C@H]2c3ncccc3CCc3cc(Cl)cc(Br)c32)CC1. The van der Waals surface area contributed by atoms with Crippen molar-refractivity contribution in [2.75, 3.05) is 13.1 Å². The molecule has 1 amide bonds. The highest BCUT2D eigenvalue weighted by Gasteiger charge is 2.36. The van der Waals surface area contributed by atoms with Gasteiger partial charge in [0.2, 0.25) is 0 Å². The summed E-state index contributed by atoms with van der Waals surface area (Å²) in [6.07, 6.45) is 5.46. The molecule has 1 fully saturated rings. The van der Waals surface area contributed by atoms with Crippen LogP contribution in [0.2, 0.25) is 5.02 Å². The lowest BCUT2D eigenvalue weighted by Gasteiger charge is -2.37. The summed E-state index contributed by atoms with van der Waals surface area (Å²) < 4.78 is 6.63. The van der Waals surface area contributed by atoms with Gasteiger partial charge in [0, 0.05) is 34.7 Å². The van der Waals surface area contributed by atoms with Crippen LogP contribution in [0.15, 0.2) is 34.9 Å². The highest BCUT2D eigenvalue weighted by Crippen LogP contribution is 2.45. The molecule has 2 aliphatic rings. The van der Waals surface area contributed by atoms with E-state index in [1.807, 2.05) is 44.0 Å². The van der Waals surface area contributed by atoms with Crippen molar-refractivity contribution in [2.45, 2.75) is 58.0 Å². The van der Waals surface area contributed by atoms with E-state index in [-0.39, 0.29) is 12.0 Å². The first kappa shape index (κ1) is 21.6. The second kappa shape index (κ2) is 8.51. The number of rotatable bonds is 1. The van der Waals surface area contributed by atoms with Crippen molar-refractivity contribution in [3.05, 3.63) is 62.3 Å². The minimum Gasteiger partial charge on any atom is -0.444 e. The zero-order valence-electron chi connectivity index (χ0n) is 17.8. The molecule has 4 rings (SSSR count). The largest absolute Gasteiger partial charge is 0.444 e. The Hall–Kier alpha value is -1.59. The van der Waals surface area contributed by atoms with E-state index in [4.69, 9.17) is 21.3 Å². The second-order valence-electron chi connectivity index (χ2n) is 9.29. The minimum absolute atomic E-state index is 0.200. The molecule has 6 heteroatoms. The van der Waals surface area contributed by atoms with Gasteiger partial charge < -0.3 is 9.64 Å². The van der Waals surface area contributed by atoms with Crippen LogP contribution in [0.4, 0.5) is 4.79 Å². The molecule has 0 N–H and O–H groups in total. The van der Waals surface area contributed by atoms with Gasteiger partial charge in [-0.25, -0.2) is 4.79 Å². The van der Waals surface area contributed by atoms with E-state index < -0.39 is 5.60 Å². The van der Waals surface area contributed by atoms with Gasteiger partial charge in [0.15, 0.2) is 0 Å². The number of benzene rings is 1. The summed E-state index contributed by atoms with van der Waals surface area (Å²) >= 11 is 10.2. The van der Waals surface area contributed by atoms with Crippen LogP contribution in [0.3, 0.4) is 0 Å². The highest BCUT2D eigenvalue weighted by molar-refractivity contribution is 9.10. The third-order valence-corrected chi connectivity index (χ3v) is 6.91. The van der Waals surface area contributed by atoms with E-state index in [1.165, 1.54) is 22.4 Å². The van der Waals surface area contributed by atoms with Crippen molar-refractivity contribution in [3.63, 3.8) is 0 Å². The third-order valence-electron chi connectivity index (χ3n) is 6.04. The Balaban J connectivity index is 1.64. The molecular weight excluding hydrogens is 464 g/mol. The number of hydrogen-bond donors (Lipinski definition) is 0. The fourth-order valence-corrected chi connectivity index (χ4v) is 5.86. The fourth-order valence-electron chi connectivity index (χ4n) is 4.74. The third kappa shape index (κ3) is 4.52. The molecule has 0 radical (unpaired) electrons. The minimum atomic E-state index is -0.471. The van der Waals surface area contributed by atoms with Crippen molar-refractivity contribution in [3.8, 4) is 0 Å². The van der Waals surface area contributed by atoms with E-state index in [0.29, 0.717) is 19.0 Å². The molecule has 2 aromatic rings. The first-order chi connectivity index (χ1) is 14.2. The Bertz CT molecular complexity index is 949. The molecule has 1 aromatic carbocycles. The number of aryl methyl sites for hydroxylation is 2. The number of nitrogens with zero attached hydrogens (tertiary/aromatic N) is 2. The molecule has 1 saturated heterocycles. The van der Waals surface area contributed by atoms with Crippen LogP contribution in [0.5, 0.6) is 0 Å². The Morgan fingerprint density at radius 1 is 1.20 bits per heavy atom. The summed E-state index contributed by atoms with van der Waals surface area (Å²) in [5, 5.41) is 0.762. The maximum atomic E-state index is 12.5. The summed E-state index contributed by atoms with van der Waals surface area (Å²) in [7, 11) is 0. The van der Waals surface area contributed by atoms with Crippen LogP contribution < -0.4 is 0 Å². The molecule has 1 atom stereocenters. The maximum Gasteiger partial charge on any atom is 0.410 e. The summed E-state index contributed by atoms with van der Waals surface area (Å²) in [4.78, 5) is 19.2. The van der Waals surface area contributed by atoms with Crippen LogP contribution in [-0.2, 0) is 17.6 Å². The summed E-state index contributed by atoms with van der Waals surface area (Å²) in [5.74, 6) is 0.609. The Kier molecular flexibility index (Phi) is 6.13. The van der Waals surface area contributed by atoms with Crippen molar-refractivity contribution >= 4 is 33.6 Å². The molecule has 160 valence electrons. The van der Waals surface area contributed by atoms with Gasteiger partial charge in [-0.05, 0) is 87.3 Å². The van der Waals surface area contributed by atoms with Crippen molar-refractivity contribution < 1.29 is 9.53 Å². The molecule has 0 spiro atoms. The van der Waals surface area contributed by atoms with Gasteiger partial charge in [0.25, 0.3) is 0 Å². The maximum absolute atomic E-state index is 12.5. The molecule has 0 unspecified atom stereocenters. The molecule has 0 saturated carbocycles.